The van der Waals surface area contributed by atoms with Gasteiger partial charge in [-0.3, -0.25) is 9.59 Å². The van der Waals surface area contributed by atoms with Gasteiger partial charge in [-0.25, -0.2) is 0 Å². The molecule has 2 amide bonds. The van der Waals surface area contributed by atoms with Crippen LogP contribution in [-0.4, -0.2) is 61.4 Å². The maximum Gasteiger partial charge on any atom is 0.255 e. The molecule has 0 radical (unpaired) electrons. The number of halogens is 1. The highest BCUT2D eigenvalue weighted by atomic mass is 79.9. The summed E-state index contributed by atoms with van der Waals surface area (Å²) < 4.78 is 6.52. The Morgan fingerprint density at radius 3 is 2.48 bits per heavy atom. The number of hydrogen-bond donors (Lipinski definition) is 1. The van der Waals surface area contributed by atoms with Gasteiger partial charge in [0, 0.05) is 43.0 Å². The van der Waals surface area contributed by atoms with Crippen LogP contribution in [0.3, 0.4) is 0 Å². The minimum absolute atomic E-state index is 0.00478. The van der Waals surface area contributed by atoms with Crippen molar-refractivity contribution in [2.75, 3.05) is 45.2 Å². The van der Waals surface area contributed by atoms with Crippen molar-refractivity contribution >= 4 is 33.4 Å². The largest absolute Gasteiger partial charge is 0.492 e. The first-order chi connectivity index (χ1) is 14.8. The quantitative estimate of drug-likeness (QED) is 0.623. The first-order valence-corrected chi connectivity index (χ1v) is 11.4. The van der Waals surface area contributed by atoms with Gasteiger partial charge in [0.05, 0.1) is 11.1 Å². The maximum absolute atomic E-state index is 12.8. The molecular weight excluding hydrogens is 458 g/mol. The Kier molecular flexibility index (Phi) is 8.09. The van der Waals surface area contributed by atoms with Crippen molar-refractivity contribution in [2.24, 2.45) is 5.92 Å². The number of benzene rings is 2. The Morgan fingerprint density at radius 2 is 1.81 bits per heavy atom. The molecule has 1 aliphatic rings. The molecular formula is C24H30BrN3O3. The number of nitrogens with one attached hydrogen (secondary N) is 1. The van der Waals surface area contributed by atoms with Crippen LogP contribution in [-0.2, 0) is 0 Å². The molecule has 7 heteroatoms. The molecule has 0 saturated carbocycles. The number of anilines is 1. The van der Waals surface area contributed by atoms with Crippen molar-refractivity contribution in [1.29, 1.82) is 0 Å². The fourth-order valence-electron chi connectivity index (χ4n) is 3.29. The molecule has 0 atom stereocenters. The van der Waals surface area contributed by atoms with E-state index in [1.807, 2.05) is 4.90 Å². The van der Waals surface area contributed by atoms with Gasteiger partial charge in [0.25, 0.3) is 11.8 Å². The van der Waals surface area contributed by atoms with Crippen LogP contribution in [0.2, 0.25) is 0 Å². The van der Waals surface area contributed by atoms with E-state index in [1.54, 1.807) is 42.5 Å². The van der Waals surface area contributed by atoms with Gasteiger partial charge >= 0.3 is 0 Å². The van der Waals surface area contributed by atoms with Gasteiger partial charge in [0.1, 0.15) is 5.75 Å². The summed E-state index contributed by atoms with van der Waals surface area (Å²) in [5.74, 6) is 1.05. The number of carbonyl (C=O) groups excluding carboxylic acids is 2. The number of ether oxygens (including phenoxy) is 1. The molecule has 3 rings (SSSR count). The molecule has 31 heavy (non-hydrogen) atoms. The Bertz CT molecular complexity index is 924. The minimum Gasteiger partial charge on any atom is -0.492 e. The highest BCUT2D eigenvalue weighted by molar-refractivity contribution is 9.10. The highest BCUT2D eigenvalue weighted by Gasteiger charge is 2.20. The Labute approximate surface area is 192 Å². The van der Waals surface area contributed by atoms with Crippen LogP contribution >= 0.6 is 15.9 Å². The first-order valence-electron chi connectivity index (χ1n) is 10.6. The minimum atomic E-state index is -0.237. The lowest BCUT2D eigenvalue weighted by molar-refractivity contribution is 0.0664. The van der Waals surface area contributed by atoms with E-state index in [4.69, 9.17) is 4.74 Å². The summed E-state index contributed by atoms with van der Waals surface area (Å²) in [6.07, 6.45) is 0.970. The second kappa shape index (κ2) is 10.8. The van der Waals surface area contributed by atoms with Gasteiger partial charge < -0.3 is 19.9 Å². The molecule has 2 aromatic rings. The molecule has 1 N–H and O–H groups in total. The maximum atomic E-state index is 12.8. The Morgan fingerprint density at radius 1 is 1.06 bits per heavy atom. The van der Waals surface area contributed by atoms with Crippen LogP contribution in [0.4, 0.5) is 5.69 Å². The zero-order valence-corrected chi connectivity index (χ0v) is 19.9. The monoisotopic (exact) mass is 487 g/mol. The molecule has 1 saturated heterocycles. The zero-order valence-electron chi connectivity index (χ0n) is 18.4. The third-order valence-electron chi connectivity index (χ3n) is 5.30. The highest BCUT2D eigenvalue weighted by Crippen LogP contribution is 2.27. The third-order valence-corrected chi connectivity index (χ3v) is 5.92. The van der Waals surface area contributed by atoms with Crippen molar-refractivity contribution in [3.05, 3.63) is 58.1 Å². The number of piperazine rings is 1. The molecule has 0 aromatic heterocycles. The number of likely N-dealkylation sites (N-methyl/N-ethyl adjacent to an activating group) is 1. The fourth-order valence-corrected chi connectivity index (χ4v) is 3.78. The van der Waals surface area contributed by atoms with Crippen molar-refractivity contribution < 1.29 is 14.3 Å². The molecule has 0 aliphatic carbocycles. The zero-order chi connectivity index (χ0) is 22.4. The molecule has 1 heterocycles. The standard InChI is InChI=1S/C24H30BrN3O3/c1-17(2)9-14-31-22-8-7-18(16-21(22)25)23(29)26-20-6-4-5-19(15-20)24(30)28-12-10-27(3)11-13-28/h4-8,15-17H,9-14H2,1-3H3,(H,26,29). The van der Waals surface area contributed by atoms with Crippen molar-refractivity contribution in [1.82, 2.24) is 9.80 Å². The van der Waals surface area contributed by atoms with Crippen molar-refractivity contribution in [2.45, 2.75) is 20.3 Å². The molecule has 1 aliphatic heterocycles. The molecule has 2 aromatic carbocycles. The second-order valence-electron chi connectivity index (χ2n) is 8.31. The second-order valence-corrected chi connectivity index (χ2v) is 9.16. The smallest absolute Gasteiger partial charge is 0.255 e. The van der Waals surface area contributed by atoms with E-state index < -0.39 is 0 Å². The van der Waals surface area contributed by atoms with Gasteiger partial charge in [0.15, 0.2) is 0 Å². The third kappa shape index (κ3) is 6.55. The SMILES string of the molecule is CC(C)CCOc1ccc(C(=O)Nc2cccc(C(=O)N3CCN(C)CC3)c2)cc1Br. The van der Waals surface area contributed by atoms with Crippen LogP contribution in [0.25, 0.3) is 0 Å². The lowest BCUT2D eigenvalue weighted by Gasteiger charge is -2.32. The lowest BCUT2D eigenvalue weighted by atomic mass is 10.1. The van der Waals surface area contributed by atoms with Gasteiger partial charge in [-0.05, 0) is 71.7 Å². The van der Waals surface area contributed by atoms with E-state index in [0.717, 1.165) is 29.7 Å². The Balaban J connectivity index is 1.63. The summed E-state index contributed by atoms with van der Waals surface area (Å²) in [5, 5.41) is 2.89. The molecule has 0 spiro atoms. The van der Waals surface area contributed by atoms with Gasteiger partial charge in [-0.15, -0.1) is 0 Å². The van der Waals surface area contributed by atoms with Gasteiger partial charge in [0.2, 0.25) is 0 Å². The van der Waals surface area contributed by atoms with E-state index in [9.17, 15) is 9.59 Å². The number of rotatable bonds is 7. The summed E-state index contributed by atoms with van der Waals surface area (Å²) in [5.41, 5.74) is 1.69. The van der Waals surface area contributed by atoms with E-state index in [2.05, 4.69) is 47.0 Å². The normalized spacial score (nSPS) is 14.5. The fraction of sp³-hybridized carbons (Fsp3) is 0.417. The number of nitrogens with zero attached hydrogens (tertiary/aromatic N) is 2. The van der Waals surface area contributed by atoms with Crippen molar-refractivity contribution in [3.63, 3.8) is 0 Å². The van der Waals surface area contributed by atoms with E-state index in [-0.39, 0.29) is 11.8 Å². The van der Waals surface area contributed by atoms with Crippen LogP contribution in [0.15, 0.2) is 46.9 Å². The number of amides is 2. The summed E-state index contributed by atoms with van der Waals surface area (Å²) in [4.78, 5) is 29.6. The number of carbonyl (C=O) groups is 2. The number of hydrogen-bond acceptors (Lipinski definition) is 4. The molecule has 0 bridgehead atoms. The van der Waals surface area contributed by atoms with Crippen LogP contribution < -0.4 is 10.1 Å². The summed E-state index contributed by atoms with van der Waals surface area (Å²) in [6.45, 7) is 8.11. The van der Waals surface area contributed by atoms with Crippen LogP contribution in [0.5, 0.6) is 5.75 Å². The van der Waals surface area contributed by atoms with E-state index >= 15 is 0 Å². The predicted molar refractivity (Wildman–Crippen MR) is 127 cm³/mol. The average molecular weight is 488 g/mol. The van der Waals surface area contributed by atoms with Crippen LogP contribution in [0, 0.1) is 5.92 Å². The summed E-state index contributed by atoms with van der Waals surface area (Å²) >= 11 is 3.49. The summed E-state index contributed by atoms with van der Waals surface area (Å²) in [6, 6.07) is 12.4. The lowest BCUT2D eigenvalue weighted by Crippen LogP contribution is -2.47. The Hall–Kier alpha value is -2.38. The summed E-state index contributed by atoms with van der Waals surface area (Å²) in [7, 11) is 2.06. The van der Waals surface area contributed by atoms with E-state index in [1.165, 1.54) is 0 Å². The van der Waals surface area contributed by atoms with Crippen LogP contribution in [0.1, 0.15) is 41.0 Å². The molecule has 0 unspecified atom stereocenters. The average Bonchev–Trinajstić information content (AvgIpc) is 2.75. The van der Waals surface area contributed by atoms with Gasteiger partial charge in [-0.2, -0.15) is 0 Å². The van der Waals surface area contributed by atoms with Gasteiger partial charge in [-0.1, -0.05) is 19.9 Å². The predicted octanol–water partition coefficient (Wildman–Crippen LogP) is 4.51. The molecule has 1 fully saturated rings. The molecule has 166 valence electrons. The van der Waals surface area contributed by atoms with Crippen molar-refractivity contribution in [3.8, 4) is 5.75 Å². The first kappa shape index (κ1) is 23.3. The topological polar surface area (TPSA) is 61.9 Å². The van der Waals surface area contributed by atoms with E-state index in [0.29, 0.717) is 42.4 Å². The molecule has 6 nitrogen and oxygen atoms in total.